The number of benzene rings is 2. The van der Waals surface area contributed by atoms with E-state index in [1.54, 1.807) is 0 Å². The van der Waals surface area contributed by atoms with Gasteiger partial charge in [-0.2, -0.15) is 0 Å². The lowest BCUT2D eigenvalue weighted by atomic mass is 9.97. The highest BCUT2D eigenvalue weighted by Gasteiger charge is 2.22. The Morgan fingerprint density at radius 2 is 1.07 bits per heavy atom. The molecule has 2 aromatic carbocycles. The van der Waals surface area contributed by atoms with Crippen LogP contribution >= 0.6 is 23.2 Å². The molecule has 2 fully saturated rings. The summed E-state index contributed by atoms with van der Waals surface area (Å²) in [6.45, 7) is 6.82. The second-order valence-corrected chi connectivity index (χ2v) is 12.8. The predicted octanol–water partition coefficient (Wildman–Crippen LogP) is 6.14. The van der Waals surface area contributed by atoms with Gasteiger partial charge in [-0.1, -0.05) is 71.7 Å². The number of aryl methyl sites for hydroxylation is 2. The minimum Gasteiger partial charge on any atom is -0.352 e. The van der Waals surface area contributed by atoms with E-state index in [9.17, 15) is 9.59 Å². The molecule has 0 radical (unpaired) electrons. The lowest BCUT2D eigenvalue weighted by molar-refractivity contribution is -0.120. The highest BCUT2D eigenvalue weighted by atomic mass is 35.5. The van der Waals surface area contributed by atoms with Crippen LogP contribution in [0.5, 0.6) is 0 Å². The van der Waals surface area contributed by atoms with Crippen LogP contribution in [0.3, 0.4) is 0 Å². The summed E-state index contributed by atoms with van der Waals surface area (Å²) in [6.07, 6.45) is 2.94. The van der Waals surface area contributed by atoms with E-state index >= 15 is 0 Å². The van der Waals surface area contributed by atoms with Crippen molar-refractivity contribution < 1.29 is 9.59 Å². The quantitative estimate of drug-likeness (QED) is 0.155. The lowest BCUT2D eigenvalue weighted by Gasteiger charge is -2.16. The number of amides is 2. The summed E-state index contributed by atoms with van der Waals surface area (Å²) in [6, 6.07) is 20.4. The van der Waals surface area contributed by atoms with Crippen LogP contribution in [0, 0.1) is 13.8 Å². The van der Waals surface area contributed by atoms with Crippen LogP contribution in [0.15, 0.2) is 60.7 Å². The fourth-order valence-corrected chi connectivity index (χ4v) is 6.80. The zero-order valence-corrected chi connectivity index (χ0v) is 27.6. The lowest BCUT2D eigenvalue weighted by Crippen LogP contribution is -2.35. The Labute approximate surface area is 279 Å². The Bertz CT molecular complexity index is 1650. The Morgan fingerprint density at radius 1 is 0.652 bits per heavy atom. The van der Waals surface area contributed by atoms with Gasteiger partial charge in [0.1, 0.15) is 0 Å². The van der Waals surface area contributed by atoms with Crippen molar-refractivity contribution in [1.29, 1.82) is 0 Å². The van der Waals surface area contributed by atoms with Gasteiger partial charge in [0, 0.05) is 84.7 Å². The van der Waals surface area contributed by atoms with E-state index in [4.69, 9.17) is 33.2 Å². The number of aromatic nitrogens is 2. The number of nitrogens with one attached hydrogen (secondary N) is 4. The van der Waals surface area contributed by atoms with E-state index < -0.39 is 0 Å². The molecule has 2 aliphatic rings. The van der Waals surface area contributed by atoms with E-state index in [2.05, 4.69) is 33.4 Å². The molecular formula is C36H38Cl2N6O2. The van der Waals surface area contributed by atoms with Crippen LogP contribution in [0.25, 0.3) is 33.6 Å². The zero-order chi connectivity index (χ0) is 32.2. The summed E-state index contributed by atoms with van der Waals surface area (Å²) < 4.78 is 0. The highest BCUT2D eigenvalue weighted by Crippen LogP contribution is 2.42. The molecule has 2 aromatic heterocycles. The number of rotatable bonds is 11. The minimum atomic E-state index is 0.125. The van der Waals surface area contributed by atoms with Gasteiger partial charge in [0.25, 0.3) is 0 Å². The van der Waals surface area contributed by atoms with E-state index in [1.165, 1.54) is 0 Å². The van der Waals surface area contributed by atoms with Crippen LogP contribution in [-0.4, -0.2) is 47.0 Å². The summed E-state index contributed by atoms with van der Waals surface area (Å²) in [4.78, 5) is 32.7. The number of nitrogens with zero attached hydrogens (tertiary/aromatic N) is 2. The molecule has 2 saturated heterocycles. The molecule has 0 saturated carbocycles. The number of carbonyl (C=O) groups excluding carboxylic acids is 2. The normalized spacial score (nSPS) is 17.7. The first-order chi connectivity index (χ1) is 22.3. The Kier molecular flexibility index (Phi) is 9.99. The van der Waals surface area contributed by atoms with Crippen LogP contribution in [0.2, 0.25) is 10.0 Å². The van der Waals surface area contributed by atoms with Gasteiger partial charge in [-0.15, -0.1) is 0 Å². The molecule has 2 aliphatic heterocycles. The number of hydrogen-bond donors (Lipinski definition) is 4. The second kappa shape index (κ2) is 14.3. The molecule has 46 heavy (non-hydrogen) atoms. The first kappa shape index (κ1) is 32.1. The van der Waals surface area contributed by atoms with Crippen molar-refractivity contribution in [2.75, 3.05) is 13.1 Å². The number of halogens is 2. The smallest absolute Gasteiger partial charge is 0.220 e. The first-order valence-electron chi connectivity index (χ1n) is 15.8. The minimum absolute atomic E-state index is 0.125. The molecule has 0 aliphatic carbocycles. The van der Waals surface area contributed by atoms with Crippen molar-refractivity contribution in [1.82, 2.24) is 31.2 Å². The highest BCUT2D eigenvalue weighted by molar-refractivity contribution is 6.39. The monoisotopic (exact) mass is 656 g/mol. The standard InChI is InChI=1S/C36H38Cl2N6O2/c1-21-23(17-39-19-25-11-15-33(45)43-25)9-13-31(41-21)29-7-3-5-27(35(29)37)28-6-4-8-30(36(28)38)32-14-10-24(22(2)42-32)18-40-20-26-12-16-34(46)44-26/h3-10,13-14,25-26,39-40H,11-12,15-20H2,1-2H3,(H,43,45)(H,44,46)/t25-,26-/m0/s1. The van der Waals surface area contributed by atoms with Gasteiger partial charge in [-0.25, -0.2) is 0 Å². The predicted molar refractivity (Wildman–Crippen MR) is 184 cm³/mol. The van der Waals surface area contributed by atoms with Crippen molar-refractivity contribution in [3.63, 3.8) is 0 Å². The van der Waals surface area contributed by atoms with Crippen LogP contribution in [-0.2, 0) is 22.7 Å². The van der Waals surface area contributed by atoms with E-state index in [-0.39, 0.29) is 23.9 Å². The van der Waals surface area contributed by atoms with Crippen LogP contribution in [0.4, 0.5) is 0 Å². The van der Waals surface area contributed by atoms with E-state index in [0.717, 1.165) is 82.1 Å². The van der Waals surface area contributed by atoms with Gasteiger partial charge >= 0.3 is 0 Å². The van der Waals surface area contributed by atoms with Gasteiger partial charge in [0.15, 0.2) is 0 Å². The SMILES string of the molecule is Cc1nc(-c2cccc(-c3cccc(-c4ccc(CNC[C@@H]5CCC(=O)N5)c(C)n4)c3Cl)c2Cl)ccc1CNC[C@@H]1CCC(=O)N1. The molecule has 4 N–H and O–H groups in total. The third-order valence-electron chi connectivity index (χ3n) is 8.81. The third-order valence-corrected chi connectivity index (χ3v) is 9.63. The number of pyridine rings is 2. The molecule has 0 unspecified atom stereocenters. The molecule has 238 valence electrons. The largest absolute Gasteiger partial charge is 0.352 e. The molecule has 0 bridgehead atoms. The average molecular weight is 658 g/mol. The second-order valence-electron chi connectivity index (χ2n) is 12.1. The van der Waals surface area contributed by atoms with Gasteiger partial charge in [0.05, 0.1) is 21.4 Å². The van der Waals surface area contributed by atoms with Crippen molar-refractivity contribution in [3.05, 3.63) is 93.2 Å². The summed E-state index contributed by atoms with van der Waals surface area (Å²) >= 11 is 14.1. The van der Waals surface area contributed by atoms with Crippen LogP contribution < -0.4 is 21.3 Å². The molecule has 4 aromatic rings. The van der Waals surface area contributed by atoms with Gasteiger partial charge in [-0.05, 0) is 49.9 Å². The molecule has 4 heterocycles. The average Bonchev–Trinajstić information content (AvgIpc) is 3.66. The van der Waals surface area contributed by atoms with Crippen molar-refractivity contribution in [3.8, 4) is 33.6 Å². The first-order valence-corrected chi connectivity index (χ1v) is 16.5. The van der Waals surface area contributed by atoms with E-state index in [1.807, 2.05) is 62.4 Å². The van der Waals surface area contributed by atoms with Crippen molar-refractivity contribution in [2.24, 2.45) is 0 Å². The summed E-state index contributed by atoms with van der Waals surface area (Å²) in [5, 5.41) is 14.0. The molecule has 8 nitrogen and oxygen atoms in total. The maximum atomic E-state index is 11.5. The van der Waals surface area contributed by atoms with E-state index in [0.29, 0.717) is 36.0 Å². The maximum Gasteiger partial charge on any atom is 0.220 e. The summed E-state index contributed by atoms with van der Waals surface area (Å²) in [5.41, 5.74) is 8.95. The van der Waals surface area contributed by atoms with Gasteiger partial charge in [0.2, 0.25) is 11.8 Å². The van der Waals surface area contributed by atoms with Gasteiger partial charge in [-0.3, -0.25) is 19.6 Å². The molecule has 10 heteroatoms. The fourth-order valence-electron chi connectivity index (χ4n) is 6.15. The molecule has 6 rings (SSSR count). The molecule has 2 amide bonds. The van der Waals surface area contributed by atoms with Crippen molar-refractivity contribution >= 4 is 35.0 Å². The Hall–Kier alpha value is -3.82. The fraction of sp³-hybridized carbons (Fsp3) is 0.333. The third kappa shape index (κ3) is 7.26. The molecule has 2 atom stereocenters. The van der Waals surface area contributed by atoms with Gasteiger partial charge < -0.3 is 21.3 Å². The number of carbonyl (C=O) groups is 2. The topological polar surface area (TPSA) is 108 Å². The molecule has 0 spiro atoms. The van der Waals surface area contributed by atoms with Crippen LogP contribution in [0.1, 0.15) is 48.2 Å². The zero-order valence-electron chi connectivity index (χ0n) is 26.1. The number of hydrogen-bond acceptors (Lipinski definition) is 6. The van der Waals surface area contributed by atoms with Crippen molar-refractivity contribution in [2.45, 2.75) is 64.7 Å². The summed E-state index contributed by atoms with van der Waals surface area (Å²) in [5.74, 6) is 0.249. The Balaban J connectivity index is 1.17. The molecular weight excluding hydrogens is 619 g/mol. The Morgan fingerprint density at radius 3 is 1.43 bits per heavy atom. The summed E-state index contributed by atoms with van der Waals surface area (Å²) in [7, 11) is 0. The maximum absolute atomic E-state index is 11.5.